The average Bonchev–Trinajstić information content (AvgIpc) is 3.26. The molecule has 1 spiro atoms. The van der Waals surface area contributed by atoms with Crippen molar-refractivity contribution in [3.8, 4) is 0 Å². The summed E-state index contributed by atoms with van der Waals surface area (Å²) in [4.78, 5) is 36.0. The highest BCUT2D eigenvalue weighted by Gasteiger charge is 2.41. The molecule has 0 saturated carbocycles. The Hall–Kier alpha value is -1.95. The highest BCUT2D eigenvalue weighted by atomic mass is 16.2. The van der Waals surface area contributed by atoms with E-state index in [4.69, 9.17) is 0 Å². The van der Waals surface area contributed by atoms with E-state index in [0.717, 1.165) is 57.6 Å². The number of aromatic nitrogens is 1. The number of hydrogen-bond acceptors (Lipinski definition) is 4. The van der Waals surface area contributed by atoms with Gasteiger partial charge in [-0.15, -0.1) is 0 Å². The maximum Gasteiger partial charge on any atom is 0.222 e. The summed E-state index contributed by atoms with van der Waals surface area (Å²) < 4.78 is 0. The third-order valence-corrected chi connectivity index (χ3v) is 7.07. The van der Waals surface area contributed by atoms with Gasteiger partial charge >= 0.3 is 0 Å². The lowest BCUT2D eigenvalue weighted by molar-refractivity contribution is -0.143. The SMILES string of the molecule is O=C(CCCN1CCCC1)N1CCC2(CCC(=O)N(Cc3ccccn3)C2)CC1. The van der Waals surface area contributed by atoms with Crippen LogP contribution in [0.4, 0.5) is 0 Å². The van der Waals surface area contributed by atoms with Crippen molar-refractivity contribution < 1.29 is 9.59 Å². The van der Waals surface area contributed by atoms with Crippen LogP contribution in [0.15, 0.2) is 24.4 Å². The van der Waals surface area contributed by atoms with Crippen LogP contribution in [0.5, 0.6) is 0 Å². The summed E-state index contributed by atoms with van der Waals surface area (Å²) in [5, 5.41) is 0. The van der Waals surface area contributed by atoms with Crippen LogP contribution in [0.2, 0.25) is 0 Å². The lowest BCUT2D eigenvalue weighted by Crippen LogP contribution is -2.52. The van der Waals surface area contributed by atoms with Crippen LogP contribution in [-0.2, 0) is 16.1 Å². The zero-order valence-corrected chi connectivity index (χ0v) is 17.5. The number of carbonyl (C=O) groups excluding carboxylic acids is 2. The Balaban J connectivity index is 1.25. The molecule has 1 aromatic rings. The third-order valence-electron chi connectivity index (χ3n) is 7.07. The first-order valence-corrected chi connectivity index (χ1v) is 11.3. The number of piperidine rings is 2. The molecule has 3 aliphatic rings. The van der Waals surface area contributed by atoms with Gasteiger partial charge in [0.1, 0.15) is 0 Å². The summed E-state index contributed by atoms with van der Waals surface area (Å²) in [6.07, 6.45) is 9.66. The predicted molar refractivity (Wildman–Crippen MR) is 112 cm³/mol. The molecule has 3 aliphatic heterocycles. The number of pyridine rings is 1. The zero-order chi connectivity index (χ0) is 20.1. The van der Waals surface area contributed by atoms with Gasteiger partial charge in [-0.1, -0.05) is 6.07 Å². The Labute approximate surface area is 174 Å². The van der Waals surface area contributed by atoms with Gasteiger partial charge in [0.2, 0.25) is 11.8 Å². The summed E-state index contributed by atoms with van der Waals surface area (Å²) in [6, 6.07) is 5.86. The van der Waals surface area contributed by atoms with Crippen molar-refractivity contribution in [1.82, 2.24) is 19.7 Å². The number of carbonyl (C=O) groups is 2. The van der Waals surface area contributed by atoms with E-state index in [0.29, 0.717) is 25.3 Å². The van der Waals surface area contributed by atoms with Crippen LogP contribution in [0.1, 0.15) is 57.1 Å². The molecule has 6 nitrogen and oxygen atoms in total. The molecule has 158 valence electrons. The third kappa shape index (κ3) is 5.16. The molecule has 2 amide bonds. The Morgan fingerprint density at radius 1 is 1.07 bits per heavy atom. The summed E-state index contributed by atoms with van der Waals surface area (Å²) in [6.45, 7) is 6.55. The van der Waals surface area contributed by atoms with E-state index >= 15 is 0 Å². The minimum Gasteiger partial charge on any atom is -0.343 e. The van der Waals surface area contributed by atoms with Gasteiger partial charge in [0.25, 0.3) is 0 Å². The molecule has 0 atom stereocenters. The van der Waals surface area contributed by atoms with E-state index in [1.807, 2.05) is 23.1 Å². The molecule has 3 saturated heterocycles. The van der Waals surface area contributed by atoms with Crippen molar-refractivity contribution in [1.29, 1.82) is 0 Å². The summed E-state index contributed by atoms with van der Waals surface area (Å²) in [5.41, 5.74) is 1.12. The number of likely N-dealkylation sites (tertiary alicyclic amines) is 3. The summed E-state index contributed by atoms with van der Waals surface area (Å²) in [7, 11) is 0. The summed E-state index contributed by atoms with van der Waals surface area (Å²) in [5.74, 6) is 0.554. The van der Waals surface area contributed by atoms with Gasteiger partial charge in [0.15, 0.2) is 0 Å². The highest BCUT2D eigenvalue weighted by Crippen LogP contribution is 2.40. The fourth-order valence-electron chi connectivity index (χ4n) is 5.19. The van der Waals surface area contributed by atoms with Gasteiger partial charge in [-0.3, -0.25) is 14.6 Å². The largest absolute Gasteiger partial charge is 0.343 e. The molecular weight excluding hydrogens is 364 g/mol. The van der Waals surface area contributed by atoms with Gasteiger partial charge in [0, 0.05) is 38.7 Å². The Kier molecular flexibility index (Phi) is 6.48. The second-order valence-corrected chi connectivity index (χ2v) is 9.10. The number of rotatable bonds is 6. The van der Waals surface area contributed by atoms with Gasteiger partial charge in [-0.25, -0.2) is 0 Å². The van der Waals surface area contributed by atoms with E-state index in [1.165, 1.54) is 25.9 Å². The smallest absolute Gasteiger partial charge is 0.222 e. The zero-order valence-electron chi connectivity index (χ0n) is 17.5. The Morgan fingerprint density at radius 2 is 1.86 bits per heavy atom. The first-order valence-electron chi connectivity index (χ1n) is 11.3. The monoisotopic (exact) mass is 398 g/mol. The van der Waals surface area contributed by atoms with Gasteiger partial charge < -0.3 is 14.7 Å². The van der Waals surface area contributed by atoms with Gasteiger partial charge in [-0.2, -0.15) is 0 Å². The molecule has 29 heavy (non-hydrogen) atoms. The van der Waals surface area contributed by atoms with Crippen LogP contribution in [0, 0.1) is 5.41 Å². The van der Waals surface area contributed by atoms with Crippen molar-refractivity contribution in [3.63, 3.8) is 0 Å². The van der Waals surface area contributed by atoms with Gasteiger partial charge in [0.05, 0.1) is 12.2 Å². The molecular formula is C23H34N4O2. The van der Waals surface area contributed by atoms with Crippen molar-refractivity contribution in [2.24, 2.45) is 5.41 Å². The molecule has 0 radical (unpaired) electrons. The molecule has 1 aromatic heterocycles. The fourth-order valence-corrected chi connectivity index (χ4v) is 5.19. The van der Waals surface area contributed by atoms with E-state index < -0.39 is 0 Å². The summed E-state index contributed by atoms with van der Waals surface area (Å²) >= 11 is 0. The lowest BCUT2D eigenvalue weighted by atomic mass is 9.72. The topological polar surface area (TPSA) is 56.8 Å². The minimum absolute atomic E-state index is 0.176. The molecule has 4 heterocycles. The number of amides is 2. The molecule has 3 fully saturated rings. The fraction of sp³-hybridized carbons (Fsp3) is 0.696. The van der Waals surface area contributed by atoms with Crippen molar-refractivity contribution in [3.05, 3.63) is 30.1 Å². The number of hydrogen-bond donors (Lipinski definition) is 0. The predicted octanol–water partition coefficient (Wildman–Crippen LogP) is 2.69. The number of nitrogens with zero attached hydrogens (tertiary/aromatic N) is 4. The van der Waals surface area contributed by atoms with E-state index in [1.54, 1.807) is 6.20 Å². The van der Waals surface area contributed by atoms with Crippen molar-refractivity contribution in [2.75, 3.05) is 39.3 Å². The van der Waals surface area contributed by atoms with Gasteiger partial charge in [-0.05, 0) is 75.7 Å². The van der Waals surface area contributed by atoms with Crippen LogP contribution in [-0.4, -0.2) is 70.8 Å². The Morgan fingerprint density at radius 3 is 2.59 bits per heavy atom. The van der Waals surface area contributed by atoms with E-state index in [-0.39, 0.29) is 11.3 Å². The van der Waals surface area contributed by atoms with Crippen LogP contribution in [0.3, 0.4) is 0 Å². The van der Waals surface area contributed by atoms with Crippen molar-refractivity contribution >= 4 is 11.8 Å². The minimum atomic E-state index is 0.176. The standard InChI is InChI=1S/C23H34N4O2/c28-21(7-5-15-25-13-3-4-14-25)26-16-10-23(11-17-26)9-8-22(29)27(19-23)18-20-6-1-2-12-24-20/h1-2,6,12H,3-5,7-11,13-19H2. The molecule has 0 bridgehead atoms. The van der Waals surface area contributed by atoms with Crippen molar-refractivity contribution in [2.45, 2.75) is 57.9 Å². The second kappa shape index (κ2) is 9.24. The molecule has 0 unspecified atom stereocenters. The Bertz CT molecular complexity index is 694. The first-order chi connectivity index (χ1) is 14.1. The molecule has 6 heteroatoms. The highest BCUT2D eigenvalue weighted by molar-refractivity contribution is 5.77. The normalized spacial score (nSPS) is 22.4. The quantitative estimate of drug-likeness (QED) is 0.739. The van der Waals surface area contributed by atoms with Crippen LogP contribution >= 0.6 is 0 Å². The van der Waals surface area contributed by atoms with E-state index in [2.05, 4.69) is 14.8 Å². The average molecular weight is 399 g/mol. The second-order valence-electron chi connectivity index (χ2n) is 9.10. The molecule has 0 N–H and O–H groups in total. The van der Waals surface area contributed by atoms with E-state index in [9.17, 15) is 9.59 Å². The molecule has 4 rings (SSSR count). The van der Waals surface area contributed by atoms with Crippen LogP contribution in [0.25, 0.3) is 0 Å². The molecule has 0 aliphatic carbocycles. The maximum absolute atomic E-state index is 12.6. The molecule has 0 aromatic carbocycles. The maximum atomic E-state index is 12.6. The van der Waals surface area contributed by atoms with Crippen LogP contribution < -0.4 is 0 Å². The first kappa shape index (κ1) is 20.3. The lowest BCUT2D eigenvalue weighted by Gasteiger charge is -2.47.